The Morgan fingerprint density at radius 1 is 1.29 bits per heavy atom. The zero-order valence-electron chi connectivity index (χ0n) is 10.8. The zero-order valence-corrected chi connectivity index (χ0v) is 11.6. The van der Waals surface area contributed by atoms with Crippen molar-refractivity contribution >= 4 is 11.3 Å². The highest BCUT2D eigenvalue weighted by molar-refractivity contribution is 7.11. The second kappa shape index (κ2) is 5.42. The fourth-order valence-electron chi connectivity index (χ4n) is 1.79. The van der Waals surface area contributed by atoms with E-state index in [1.807, 2.05) is 0 Å². The van der Waals surface area contributed by atoms with Gasteiger partial charge in [0.15, 0.2) is 0 Å². The molecule has 2 heterocycles. The van der Waals surface area contributed by atoms with Gasteiger partial charge in [0.05, 0.1) is 6.54 Å². The van der Waals surface area contributed by atoms with E-state index in [-0.39, 0.29) is 5.54 Å². The first-order valence-electron chi connectivity index (χ1n) is 6.20. The van der Waals surface area contributed by atoms with Crippen LogP contribution in [0.25, 0.3) is 0 Å². The Balaban J connectivity index is 1.91. The highest BCUT2D eigenvalue weighted by Crippen LogP contribution is 2.29. The molecule has 1 N–H and O–H groups in total. The second-order valence-corrected chi connectivity index (χ2v) is 6.62. The highest BCUT2D eigenvalue weighted by Gasteiger charge is 2.20. The van der Waals surface area contributed by atoms with Gasteiger partial charge < -0.3 is 10.1 Å². The summed E-state index contributed by atoms with van der Waals surface area (Å²) >= 11 is 1.74. The molecule has 1 fully saturated rings. The smallest absolute Gasteiger partial charge is 0.131 e. The lowest BCUT2D eigenvalue weighted by Crippen LogP contribution is -2.35. The van der Waals surface area contributed by atoms with Crippen LogP contribution < -0.4 is 5.32 Å². The fourth-order valence-corrected chi connectivity index (χ4v) is 2.74. The van der Waals surface area contributed by atoms with Crippen molar-refractivity contribution in [3.05, 3.63) is 10.0 Å². The first-order chi connectivity index (χ1) is 8.04. The molecule has 1 aromatic heterocycles. The van der Waals surface area contributed by atoms with Gasteiger partial charge in [-0.05, 0) is 33.6 Å². The maximum absolute atomic E-state index is 5.36. The van der Waals surface area contributed by atoms with Crippen LogP contribution in [0.5, 0.6) is 0 Å². The number of hydrogen-bond donors (Lipinski definition) is 1. The summed E-state index contributed by atoms with van der Waals surface area (Å²) in [6.45, 7) is 9.01. The van der Waals surface area contributed by atoms with Gasteiger partial charge >= 0.3 is 0 Å². The van der Waals surface area contributed by atoms with Crippen LogP contribution in [0.15, 0.2) is 0 Å². The van der Waals surface area contributed by atoms with Crippen LogP contribution in [-0.2, 0) is 11.3 Å². The van der Waals surface area contributed by atoms with Crippen LogP contribution in [-0.4, -0.2) is 29.0 Å². The van der Waals surface area contributed by atoms with Gasteiger partial charge in [-0.2, -0.15) is 0 Å². The minimum Gasteiger partial charge on any atom is -0.381 e. The number of nitrogens with zero attached hydrogens (tertiary/aromatic N) is 2. The van der Waals surface area contributed by atoms with E-state index in [1.165, 1.54) is 5.01 Å². The van der Waals surface area contributed by atoms with Gasteiger partial charge in [-0.25, -0.2) is 0 Å². The number of hydrogen-bond acceptors (Lipinski definition) is 5. The van der Waals surface area contributed by atoms with Crippen LogP contribution in [0.2, 0.25) is 0 Å². The van der Waals surface area contributed by atoms with E-state index >= 15 is 0 Å². The van der Waals surface area contributed by atoms with E-state index in [4.69, 9.17) is 4.74 Å². The number of nitrogens with one attached hydrogen (secondary N) is 1. The van der Waals surface area contributed by atoms with Crippen LogP contribution in [0, 0.1) is 0 Å². The third kappa shape index (κ3) is 4.01. The lowest BCUT2D eigenvalue weighted by molar-refractivity contribution is 0.0851. The summed E-state index contributed by atoms with van der Waals surface area (Å²) < 4.78 is 5.36. The molecule has 1 saturated heterocycles. The number of aromatic nitrogens is 2. The molecule has 0 saturated carbocycles. The predicted octanol–water partition coefficient (Wildman–Crippen LogP) is 2.32. The molecule has 5 heteroatoms. The average molecular weight is 255 g/mol. The average Bonchev–Trinajstić information content (AvgIpc) is 2.75. The summed E-state index contributed by atoms with van der Waals surface area (Å²) in [4.78, 5) is 0. The maximum atomic E-state index is 5.36. The van der Waals surface area contributed by atoms with Crippen molar-refractivity contribution in [1.82, 2.24) is 15.5 Å². The first-order valence-corrected chi connectivity index (χ1v) is 7.01. The molecule has 0 aliphatic carbocycles. The zero-order chi connectivity index (χ0) is 12.3. The van der Waals surface area contributed by atoms with Crippen molar-refractivity contribution in [1.29, 1.82) is 0 Å². The van der Waals surface area contributed by atoms with Crippen LogP contribution in [0.4, 0.5) is 0 Å². The predicted molar refractivity (Wildman–Crippen MR) is 69.3 cm³/mol. The van der Waals surface area contributed by atoms with Crippen molar-refractivity contribution in [2.75, 3.05) is 13.2 Å². The van der Waals surface area contributed by atoms with Crippen LogP contribution in [0.3, 0.4) is 0 Å². The molecule has 4 nitrogen and oxygen atoms in total. The molecule has 0 bridgehead atoms. The third-order valence-electron chi connectivity index (χ3n) is 2.82. The van der Waals surface area contributed by atoms with E-state index < -0.39 is 0 Å². The Morgan fingerprint density at radius 2 is 2.00 bits per heavy atom. The molecule has 96 valence electrons. The monoisotopic (exact) mass is 255 g/mol. The van der Waals surface area contributed by atoms with E-state index in [0.717, 1.165) is 37.6 Å². The summed E-state index contributed by atoms with van der Waals surface area (Å²) in [5.41, 5.74) is 0.129. The summed E-state index contributed by atoms with van der Waals surface area (Å²) in [7, 11) is 0. The van der Waals surface area contributed by atoms with Crippen LogP contribution >= 0.6 is 11.3 Å². The van der Waals surface area contributed by atoms with Crippen LogP contribution in [0.1, 0.15) is 49.5 Å². The topological polar surface area (TPSA) is 47.0 Å². The molecule has 1 aliphatic heterocycles. The van der Waals surface area contributed by atoms with E-state index in [0.29, 0.717) is 5.92 Å². The summed E-state index contributed by atoms with van der Waals surface area (Å²) in [5, 5.41) is 14.3. The molecular weight excluding hydrogens is 234 g/mol. The molecule has 0 amide bonds. The summed E-state index contributed by atoms with van der Waals surface area (Å²) in [6, 6.07) is 0. The van der Waals surface area contributed by atoms with Gasteiger partial charge in [0.2, 0.25) is 0 Å². The normalized spacial score (nSPS) is 18.5. The van der Waals surface area contributed by atoms with Crippen molar-refractivity contribution in [3.63, 3.8) is 0 Å². The van der Waals surface area contributed by atoms with Gasteiger partial charge in [-0.3, -0.25) is 0 Å². The third-order valence-corrected chi connectivity index (χ3v) is 3.91. The SMILES string of the molecule is CC(C)(C)NCc1nnc(C2CCOCC2)s1. The lowest BCUT2D eigenvalue weighted by Gasteiger charge is -2.19. The molecule has 0 spiro atoms. The Labute approximate surface area is 107 Å². The van der Waals surface area contributed by atoms with Gasteiger partial charge in [-0.15, -0.1) is 10.2 Å². The van der Waals surface area contributed by atoms with Gasteiger partial charge in [0.1, 0.15) is 10.0 Å². The number of ether oxygens (including phenoxy) is 1. The van der Waals surface area contributed by atoms with Gasteiger partial charge in [-0.1, -0.05) is 11.3 Å². The Bertz CT molecular complexity index is 353. The Kier molecular flexibility index (Phi) is 4.12. The Morgan fingerprint density at radius 3 is 2.65 bits per heavy atom. The van der Waals surface area contributed by atoms with Crippen molar-refractivity contribution in [3.8, 4) is 0 Å². The summed E-state index contributed by atoms with van der Waals surface area (Å²) in [5.74, 6) is 0.560. The van der Waals surface area contributed by atoms with Crippen molar-refractivity contribution in [2.24, 2.45) is 0 Å². The molecule has 1 aromatic rings. The van der Waals surface area contributed by atoms with Gasteiger partial charge in [0, 0.05) is 24.7 Å². The molecule has 0 unspecified atom stereocenters. The fraction of sp³-hybridized carbons (Fsp3) is 0.833. The second-order valence-electron chi connectivity index (χ2n) is 5.52. The highest BCUT2D eigenvalue weighted by atomic mass is 32.1. The summed E-state index contributed by atoms with van der Waals surface area (Å²) in [6.07, 6.45) is 2.17. The first kappa shape index (κ1) is 12.9. The van der Waals surface area contributed by atoms with E-state index in [2.05, 4.69) is 36.3 Å². The molecular formula is C12H21N3OS. The van der Waals surface area contributed by atoms with Gasteiger partial charge in [0.25, 0.3) is 0 Å². The largest absolute Gasteiger partial charge is 0.381 e. The Hall–Kier alpha value is -0.520. The number of rotatable bonds is 3. The van der Waals surface area contributed by atoms with E-state index in [1.54, 1.807) is 11.3 Å². The maximum Gasteiger partial charge on any atom is 0.131 e. The quantitative estimate of drug-likeness (QED) is 0.900. The molecule has 17 heavy (non-hydrogen) atoms. The van der Waals surface area contributed by atoms with Crippen molar-refractivity contribution in [2.45, 2.75) is 51.6 Å². The molecule has 0 atom stereocenters. The molecule has 0 aromatic carbocycles. The molecule has 0 radical (unpaired) electrons. The lowest BCUT2D eigenvalue weighted by atomic mass is 10.0. The molecule has 1 aliphatic rings. The minimum atomic E-state index is 0.129. The van der Waals surface area contributed by atoms with Crippen molar-refractivity contribution < 1.29 is 4.74 Å². The minimum absolute atomic E-state index is 0.129. The standard InChI is InChI=1S/C12H21N3OS/c1-12(2,3)13-8-10-14-15-11(17-10)9-4-6-16-7-5-9/h9,13H,4-8H2,1-3H3. The molecule has 2 rings (SSSR count). The van der Waals surface area contributed by atoms with E-state index in [9.17, 15) is 0 Å².